The summed E-state index contributed by atoms with van der Waals surface area (Å²) < 4.78 is 4.67. The third-order valence-corrected chi connectivity index (χ3v) is 3.21. The van der Waals surface area contributed by atoms with Crippen molar-refractivity contribution in [1.82, 2.24) is 5.06 Å². The molecule has 0 aromatic heterocycles. The SMILES string of the molecule is COC(=O)C1(C#N)C(c2ccc(Cl)cc2)N1OC. The zero-order chi connectivity index (χ0) is 13.3. The fourth-order valence-electron chi connectivity index (χ4n) is 2.05. The molecule has 1 heterocycles. The van der Waals surface area contributed by atoms with E-state index in [0.717, 1.165) is 5.56 Å². The minimum absolute atomic E-state index is 0.475. The standard InChI is InChI=1S/C12H11ClN2O3/c1-17-11(16)12(7-14)10(15(12)18-2)8-3-5-9(13)6-4-8/h3-6,10H,1-2H3. The molecule has 18 heavy (non-hydrogen) atoms. The van der Waals surface area contributed by atoms with E-state index >= 15 is 0 Å². The zero-order valence-electron chi connectivity index (χ0n) is 9.88. The molecule has 1 fully saturated rings. The van der Waals surface area contributed by atoms with Gasteiger partial charge in [0.2, 0.25) is 0 Å². The maximum atomic E-state index is 11.8. The Hall–Kier alpha value is -1.61. The van der Waals surface area contributed by atoms with Gasteiger partial charge in [0.05, 0.1) is 14.2 Å². The summed E-state index contributed by atoms with van der Waals surface area (Å²) in [7, 11) is 2.65. The van der Waals surface area contributed by atoms with Crippen LogP contribution in [0.1, 0.15) is 11.6 Å². The Labute approximate surface area is 109 Å². The molecule has 0 amide bonds. The van der Waals surface area contributed by atoms with Crippen LogP contribution in [0.4, 0.5) is 0 Å². The number of hydrogen-bond donors (Lipinski definition) is 0. The van der Waals surface area contributed by atoms with Crippen LogP contribution in [-0.4, -0.2) is 30.8 Å². The molecule has 3 atom stereocenters. The predicted octanol–water partition coefficient (Wildman–Crippen LogP) is 1.69. The molecule has 0 bridgehead atoms. The molecule has 1 aliphatic rings. The summed E-state index contributed by atoms with van der Waals surface area (Å²) in [6, 6.07) is 8.38. The lowest BCUT2D eigenvalue weighted by atomic mass is 10.0. The third-order valence-electron chi connectivity index (χ3n) is 2.96. The van der Waals surface area contributed by atoms with Gasteiger partial charge in [0.15, 0.2) is 0 Å². The quantitative estimate of drug-likeness (QED) is 0.615. The predicted molar refractivity (Wildman–Crippen MR) is 63.4 cm³/mol. The Morgan fingerprint density at radius 1 is 1.44 bits per heavy atom. The number of hydroxylamine groups is 2. The Balaban J connectivity index is 2.37. The van der Waals surface area contributed by atoms with Gasteiger partial charge in [0.1, 0.15) is 12.1 Å². The van der Waals surface area contributed by atoms with Crippen molar-refractivity contribution >= 4 is 17.6 Å². The summed E-state index contributed by atoms with van der Waals surface area (Å²) in [6.07, 6.45) is 0. The van der Waals surface area contributed by atoms with Crippen molar-refractivity contribution in [2.45, 2.75) is 11.6 Å². The second-order valence-corrected chi connectivity index (χ2v) is 4.27. The molecule has 5 nitrogen and oxygen atoms in total. The van der Waals surface area contributed by atoms with Crippen molar-refractivity contribution in [1.29, 1.82) is 5.26 Å². The molecular formula is C12H11ClN2O3. The Morgan fingerprint density at radius 2 is 2.06 bits per heavy atom. The largest absolute Gasteiger partial charge is 0.467 e. The number of ether oxygens (including phenoxy) is 1. The topological polar surface area (TPSA) is 62.3 Å². The van der Waals surface area contributed by atoms with Crippen LogP contribution < -0.4 is 0 Å². The van der Waals surface area contributed by atoms with E-state index in [9.17, 15) is 10.1 Å². The van der Waals surface area contributed by atoms with Crippen LogP contribution in [0.25, 0.3) is 0 Å². The molecule has 3 unspecified atom stereocenters. The number of esters is 1. The fourth-order valence-corrected chi connectivity index (χ4v) is 2.18. The van der Waals surface area contributed by atoms with Crippen LogP contribution in [0.15, 0.2) is 24.3 Å². The minimum Gasteiger partial charge on any atom is -0.467 e. The van der Waals surface area contributed by atoms with Gasteiger partial charge in [0.25, 0.3) is 5.54 Å². The number of carbonyl (C=O) groups excluding carboxylic acids is 1. The average Bonchev–Trinajstić information content (AvgIpc) is 3.07. The van der Waals surface area contributed by atoms with E-state index in [1.54, 1.807) is 24.3 Å². The highest BCUT2D eigenvalue weighted by atomic mass is 35.5. The molecule has 2 rings (SSSR count). The Kier molecular flexibility index (Phi) is 3.26. The van der Waals surface area contributed by atoms with Crippen LogP contribution in [-0.2, 0) is 14.4 Å². The molecule has 0 saturated carbocycles. The third kappa shape index (κ3) is 1.66. The first-order chi connectivity index (χ1) is 8.61. The van der Waals surface area contributed by atoms with Gasteiger partial charge in [0, 0.05) is 5.02 Å². The number of hydrogen-bond acceptors (Lipinski definition) is 5. The summed E-state index contributed by atoms with van der Waals surface area (Å²) in [5.41, 5.74) is -0.634. The second-order valence-electron chi connectivity index (χ2n) is 3.83. The molecule has 0 aliphatic carbocycles. The van der Waals surface area contributed by atoms with Crippen molar-refractivity contribution in [3.05, 3.63) is 34.9 Å². The highest BCUT2D eigenvalue weighted by Gasteiger charge is 2.72. The van der Waals surface area contributed by atoms with E-state index in [1.807, 2.05) is 6.07 Å². The minimum atomic E-state index is -1.41. The van der Waals surface area contributed by atoms with Crippen LogP contribution in [0.2, 0.25) is 5.02 Å². The smallest absolute Gasteiger partial charge is 0.345 e. The van der Waals surface area contributed by atoms with Crippen molar-refractivity contribution in [2.75, 3.05) is 14.2 Å². The Bertz CT molecular complexity index is 511. The maximum absolute atomic E-state index is 11.8. The number of benzene rings is 1. The first-order valence-electron chi connectivity index (χ1n) is 5.20. The van der Waals surface area contributed by atoms with E-state index in [1.165, 1.54) is 19.3 Å². The van der Waals surface area contributed by atoms with E-state index in [4.69, 9.17) is 16.4 Å². The van der Waals surface area contributed by atoms with Gasteiger partial charge in [-0.3, -0.25) is 4.84 Å². The maximum Gasteiger partial charge on any atom is 0.345 e. The number of nitrogens with zero attached hydrogens (tertiary/aromatic N) is 2. The van der Waals surface area contributed by atoms with Gasteiger partial charge >= 0.3 is 5.97 Å². The molecule has 1 aliphatic heterocycles. The number of rotatable bonds is 3. The lowest BCUT2D eigenvalue weighted by Gasteiger charge is -2.04. The highest BCUT2D eigenvalue weighted by molar-refractivity contribution is 6.30. The van der Waals surface area contributed by atoms with Crippen LogP contribution in [0, 0.1) is 11.3 Å². The molecule has 1 aromatic carbocycles. The number of methoxy groups -OCH3 is 1. The van der Waals surface area contributed by atoms with E-state index in [2.05, 4.69) is 4.74 Å². The fraction of sp³-hybridized carbons (Fsp3) is 0.333. The van der Waals surface area contributed by atoms with Crippen LogP contribution >= 0.6 is 11.6 Å². The molecule has 1 saturated heterocycles. The molecule has 0 spiro atoms. The summed E-state index contributed by atoms with van der Waals surface area (Å²) in [6.45, 7) is 0. The van der Waals surface area contributed by atoms with Crippen molar-refractivity contribution in [3.8, 4) is 6.07 Å². The lowest BCUT2D eigenvalue weighted by Crippen LogP contribution is -2.29. The summed E-state index contributed by atoms with van der Waals surface area (Å²) >= 11 is 5.80. The Morgan fingerprint density at radius 3 is 2.50 bits per heavy atom. The second kappa shape index (κ2) is 4.58. The van der Waals surface area contributed by atoms with Gasteiger partial charge < -0.3 is 4.74 Å². The average molecular weight is 267 g/mol. The van der Waals surface area contributed by atoms with Gasteiger partial charge in [-0.25, -0.2) is 4.79 Å². The normalized spacial score (nSPS) is 29.4. The summed E-state index contributed by atoms with van der Waals surface area (Å²) in [5.74, 6) is -0.633. The van der Waals surface area contributed by atoms with E-state index in [-0.39, 0.29) is 0 Å². The van der Waals surface area contributed by atoms with E-state index in [0.29, 0.717) is 5.02 Å². The summed E-state index contributed by atoms with van der Waals surface area (Å²) in [5, 5.41) is 11.1. The van der Waals surface area contributed by atoms with Crippen LogP contribution in [0.5, 0.6) is 0 Å². The molecule has 0 N–H and O–H groups in total. The van der Waals surface area contributed by atoms with Gasteiger partial charge in [-0.15, -0.1) is 5.06 Å². The van der Waals surface area contributed by atoms with Crippen molar-refractivity contribution in [2.24, 2.45) is 0 Å². The van der Waals surface area contributed by atoms with Crippen molar-refractivity contribution < 1.29 is 14.4 Å². The summed E-state index contributed by atoms with van der Waals surface area (Å²) in [4.78, 5) is 16.8. The zero-order valence-corrected chi connectivity index (χ0v) is 10.6. The first kappa shape index (κ1) is 12.8. The molecular weight excluding hydrogens is 256 g/mol. The molecule has 6 heteroatoms. The van der Waals surface area contributed by atoms with Crippen molar-refractivity contribution in [3.63, 3.8) is 0 Å². The first-order valence-corrected chi connectivity index (χ1v) is 5.58. The number of halogens is 1. The van der Waals surface area contributed by atoms with E-state index < -0.39 is 17.6 Å². The number of carbonyl (C=O) groups is 1. The van der Waals surface area contributed by atoms with Gasteiger partial charge in [-0.1, -0.05) is 23.7 Å². The molecule has 0 radical (unpaired) electrons. The molecule has 1 aromatic rings. The molecule has 94 valence electrons. The number of nitriles is 1. The lowest BCUT2D eigenvalue weighted by molar-refractivity contribution is -0.149. The van der Waals surface area contributed by atoms with Crippen LogP contribution in [0.3, 0.4) is 0 Å². The van der Waals surface area contributed by atoms with Gasteiger partial charge in [-0.2, -0.15) is 5.26 Å². The monoisotopic (exact) mass is 266 g/mol. The van der Waals surface area contributed by atoms with Gasteiger partial charge in [-0.05, 0) is 17.7 Å². The highest BCUT2D eigenvalue weighted by Crippen LogP contribution is 2.53.